The molecule has 0 fully saturated rings. The molecule has 9 heterocycles. The largest absolute Gasteiger partial charge is 0.454 e. The lowest BCUT2D eigenvalue weighted by atomic mass is 9.85. The molecule has 0 amide bonds. The Morgan fingerprint density at radius 2 is 1.34 bits per heavy atom. The molecule has 7 aromatic heterocycles. The number of pyridine rings is 4. The molecule has 0 spiro atoms. The van der Waals surface area contributed by atoms with Crippen molar-refractivity contribution in [1.82, 2.24) is 24.5 Å². The molecule has 278 valence electrons. The van der Waals surface area contributed by atoms with Gasteiger partial charge in [-0.15, -0.1) is 0 Å². The van der Waals surface area contributed by atoms with Gasteiger partial charge >= 0.3 is 0 Å². The average molecular weight is 762 g/mol. The van der Waals surface area contributed by atoms with Crippen LogP contribution >= 0.6 is 0 Å². The van der Waals surface area contributed by atoms with Gasteiger partial charge in [0.1, 0.15) is 27.7 Å². The highest BCUT2D eigenvalue weighted by atomic mass is 16.3. The summed E-state index contributed by atoms with van der Waals surface area (Å²) in [5, 5.41) is 3.03. The molecule has 0 saturated heterocycles. The lowest BCUT2D eigenvalue weighted by Crippen LogP contribution is -2.39. The van der Waals surface area contributed by atoms with Crippen molar-refractivity contribution in [3.8, 4) is 28.1 Å². The smallest absolute Gasteiger partial charge is 0.153 e. The Morgan fingerprint density at radius 1 is 0.593 bits per heavy atom. The number of furan rings is 2. The highest BCUT2D eigenvalue weighted by molar-refractivity contribution is 6.10. The van der Waals surface area contributed by atoms with Gasteiger partial charge in [0.15, 0.2) is 11.2 Å². The van der Waals surface area contributed by atoms with Crippen LogP contribution in [0.4, 0.5) is 11.4 Å². The van der Waals surface area contributed by atoms with Gasteiger partial charge < -0.3 is 18.3 Å². The third-order valence-corrected chi connectivity index (χ3v) is 12.2. The van der Waals surface area contributed by atoms with E-state index in [-0.39, 0.29) is 6.04 Å². The molecule has 59 heavy (non-hydrogen) atoms. The number of fused-ring (bicyclic) bond motifs is 12. The first-order valence-electron chi connectivity index (χ1n) is 19.7. The van der Waals surface area contributed by atoms with Crippen LogP contribution in [-0.4, -0.2) is 36.8 Å². The number of dihydropyridines is 1. The molecule has 13 rings (SSSR count). The second-order valence-electron chi connectivity index (χ2n) is 15.5. The molecule has 4 aromatic carbocycles. The SMILES string of the molecule is CC12N=CC=CC1N(c1ccc3oc4cccnc4c3c1)c1ccc(-c3ccc4c(c3)c3ncccc3n4-c3ccc4oc5ccc(-c6cccnc6)nc5c4c3)cc12. The Labute approximate surface area is 336 Å². The molecule has 0 radical (unpaired) electrons. The quantitative estimate of drug-likeness (QED) is 0.176. The number of hydrogen-bond donors (Lipinski definition) is 0. The molecule has 2 atom stereocenters. The summed E-state index contributed by atoms with van der Waals surface area (Å²) in [6.07, 6.45) is 13.5. The van der Waals surface area contributed by atoms with Gasteiger partial charge in [0.2, 0.25) is 0 Å². The summed E-state index contributed by atoms with van der Waals surface area (Å²) in [7, 11) is 0. The maximum Gasteiger partial charge on any atom is 0.153 e. The van der Waals surface area contributed by atoms with E-state index >= 15 is 0 Å². The van der Waals surface area contributed by atoms with Crippen LogP contribution in [0.5, 0.6) is 0 Å². The summed E-state index contributed by atoms with van der Waals surface area (Å²) in [4.78, 5) is 26.5. The standard InChI is InChI=1S/C50H31N7O2/c1-50-37-25-30(11-16-40(37)57(46(50)9-5-23-54-50)33-13-18-42-35(27-33)48-44(58-42)8-4-22-53-48)29-10-15-39-34(24-29)47-41(7-3-21-52-47)56(39)32-12-17-43-36(26-32)49-45(59-43)19-14-38(55-49)31-6-2-20-51-28-31/h2-28,46H,1H3. The van der Waals surface area contributed by atoms with Crippen molar-refractivity contribution in [3.63, 3.8) is 0 Å². The van der Waals surface area contributed by atoms with E-state index in [0.717, 1.165) is 106 Å². The number of allylic oxidation sites excluding steroid dienone is 1. The number of rotatable bonds is 4. The first-order valence-corrected chi connectivity index (χ1v) is 19.7. The summed E-state index contributed by atoms with van der Waals surface area (Å²) in [5.41, 5.74) is 15.8. The van der Waals surface area contributed by atoms with Gasteiger partial charge in [-0.3, -0.25) is 19.9 Å². The van der Waals surface area contributed by atoms with Crippen LogP contribution in [0.15, 0.2) is 172 Å². The van der Waals surface area contributed by atoms with E-state index in [9.17, 15) is 0 Å². The molecule has 2 aliphatic heterocycles. The van der Waals surface area contributed by atoms with Crippen molar-refractivity contribution in [2.24, 2.45) is 4.99 Å². The van der Waals surface area contributed by atoms with Gasteiger partial charge in [-0.1, -0.05) is 18.2 Å². The van der Waals surface area contributed by atoms with Crippen molar-refractivity contribution in [1.29, 1.82) is 0 Å². The lowest BCUT2D eigenvalue weighted by molar-refractivity contribution is 0.469. The Balaban J connectivity index is 0.936. The number of aliphatic imine (C=N–C) groups is 1. The third-order valence-electron chi connectivity index (χ3n) is 12.2. The van der Waals surface area contributed by atoms with Crippen LogP contribution in [0, 0.1) is 0 Å². The summed E-state index contributed by atoms with van der Waals surface area (Å²) in [6, 6.07) is 42.1. The molecule has 11 aromatic rings. The maximum absolute atomic E-state index is 6.27. The zero-order chi connectivity index (χ0) is 38.8. The zero-order valence-electron chi connectivity index (χ0n) is 31.6. The highest BCUT2D eigenvalue weighted by Crippen LogP contribution is 2.52. The first-order chi connectivity index (χ1) is 29.1. The van der Waals surface area contributed by atoms with Crippen LogP contribution in [0.1, 0.15) is 12.5 Å². The number of hydrogen-bond acceptors (Lipinski definition) is 8. The van der Waals surface area contributed by atoms with Gasteiger partial charge in [-0.2, -0.15) is 0 Å². The van der Waals surface area contributed by atoms with Crippen molar-refractivity contribution in [3.05, 3.63) is 164 Å². The molecule has 0 aliphatic carbocycles. The maximum atomic E-state index is 6.27. The fourth-order valence-electron chi connectivity index (χ4n) is 9.44. The Bertz CT molecular complexity index is 3620. The van der Waals surface area contributed by atoms with Crippen molar-refractivity contribution >= 4 is 83.7 Å². The third kappa shape index (κ3) is 4.58. The van der Waals surface area contributed by atoms with Gasteiger partial charge in [-0.05, 0) is 133 Å². The van der Waals surface area contributed by atoms with E-state index in [1.54, 1.807) is 6.20 Å². The molecule has 2 aliphatic rings. The highest BCUT2D eigenvalue weighted by Gasteiger charge is 2.48. The van der Waals surface area contributed by atoms with Gasteiger partial charge in [-0.25, -0.2) is 4.98 Å². The van der Waals surface area contributed by atoms with E-state index in [2.05, 4.69) is 111 Å². The molecule has 0 bridgehead atoms. The number of nitrogens with zero attached hydrogens (tertiary/aromatic N) is 7. The van der Waals surface area contributed by atoms with Crippen LogP contribution in [-0.2, 0) is 5.54 Å². The van der Waals surface area contributed by atoms with Crippen molar-refractivity contribution < 1.29 is 8.83 Å². The molecule has 9 heteroatoms. The summed E-state index contributed by atoms with van der Waals surface area (Å²) < 4.78 is 14.7. The minimum atomic E-state index is -0.489. The van der Waals surface area contributed by atoms with E-state index in [0.29, 0.717) is 0 Å². The van der Waals surface area contributed by atoms with Gasteiger partial charge in [0.25, 0.3) is 0 Å². The summed E-state index contributed by atoms with van der Waals surface area (Å²) in [5.74, 6) is 0. The fourth-order valence-corrected chi connectivity index (χ4v) is 9.44. The molecular formula is C50H31N7O2. The predicted octanol–water partition coefficient (Wildman–Crippen LogP) is 11.9. The molecule has 9 nitrogen and oxygen atoms in total. The van der Waals surface area contributed by atoms with E-state index in [4.69, 9.17) is 23.8 Å². The van der Waals surface area contributed by atoms with Crippen LogP contribution in [0.2, 0.25) is 0 Å². The minimum absolute atomic E-state index is 0.00666. The van der Waals surface area contributed by atoms with E-state index in [1.165, 1.54) is 5.56 Å². The second kappa shape index (κ2) is 11.8. The van der Waals surface area contributed by atoms with Gasteiger partial charge in [0, 0.05) is 75.3 Å². The first kappa shape index (κ1) is 32.2. The topological polar surface area (TPSA) is 98.4 Å². The Morgan fingerprint density at radius 3 is 2.22 bits per heavy atom. The van der Waals surface area contributed by atoms with Crippen molar-refractivity contribution in [2.75, 3.05) is 4.90 Å². The molecule has 0 saturated carbocycles. The normalized spacial score (nSPS) is 17.3. The van der Waals surface area contributed by atoms with Crippen LogP contribution < -0.4 is 4.90 Å². The van der Waals surface area contributed by atoms with Crippen molar-refractivity contribution in [2.45, 2.75) is 18.5 Å². The average Bonchev–Trinajstić information content (AvgIpc) is 4.02. The molecule has 2 unspecified atom stereocenters. The fraction of sp³-hybridized carbons (Fsp3) is 0.0600. The number of aromatic nitrogens is 5. The molecule has 0 N–H and O–H groups in total. The lowest BCUT2D eigenvalue weighted by Gasteiger charge is -2.33. The second-order valence-corrected chi connectivity index (χ2v) is 15.5. The number of benzene rings is 4. The van der Waals surface area contributed by atoms with Crippen LogP contribution in [0.25, 0.3) is 94.1 Å². The Kier molecular flexibility index (Phi) is 6.45. The zero-order valence-corrected chi connectivity index (χ0v) is 31.6. The van der Waals surface area contributed by atoms with Gasteiger partial charge in [0.05, 0.1) is 28.3 Å². The van der Waals surface area contributed by atoms with Crippen LogP contribution in [0.3, 0.4) is 0 Å². The minimum Gasteiger partial charge on any atom is -0.454 e. The predicted molar refractivity (Wildman–Crippen MR) is 235 cm³/mol. The number of anilines is 2. The Hall–Kier alpha value is -7.91. The van der Waals surface area contributed by atoms with E-state index in [1.807, 2.05) is 73.3 Å². The summed E-state index contributed by atoms with van der Waals surface area (Å²) >= 11 is 0. The monoisotopic (exact) mass is 761 g/mol. The summed E-state index contributed by atoms with van der Waals surface area (Å²) in [6.45, 7) is 2.24. The van der Waals surface area contributed by atoms with E-state index < -0.39 is 5.54 Å². The molecular weight excluding hydrogens is 731 g/mol.